The van der Waals surface area contributed by atoms with Crippen molar-refractivity contribution in [1.29, 1.82) is 0 Å². The molecule has 4 heteroatoms. The van der Waals surface area contributed by atoms with Crippen LogP contribution in [0.5, 0.6) is 0 Å². The minimum atomic E-state index is 0.835. The molecule has 22 heavy (non-hydrogen) atoms. The number of fused-ring (bicyclic) bond motifs is 1. The third-order valence-electron chi connectivity index (χ3n) is 3.49. The summed E-state index contributed by atoms with van der Waals surface area (Å²) in [6.45, 7) is 1.99. The molecule has 0 N–H and O–H groups in total. The zero-order chi connectivity index (χ0) is 15.5. The number of benzene rings is 2. The van der Waals surface area contributed by atoms with Gasteiger partial charge in [-0.05, 0) is 55.5 Å². The van der Waals surface area contributed by atoms with Crippen molar-refractivity contribution in [2.45, 2.75) is 6.92 Å². The lowest BCUT2D eigenvalue weighted by molar-refractivity contribution is 1.13. The Morgan fingerprint density at radius 1 is 0.864 bits per heavy atom. The van der Waals surface area contributed by atoms with Crippen LogP contribution in [0, 0.1) is 6.92 Å². The molecule has 0 aliphatic carbocycles. The zero-order valence-corrected chi connectivity index (χ0v) is 13.0. The van der Waals surface area contributed by atoms with Crippen molar-refractivity contribution in [2.75, 3.05) is 19.0 Å². The first-order chi connectivity index (χ1) is 10.6. The summed E-state index contributed by atoms with van der Waals surface area (Å²) < 4.78 is 0. The van der Waals surface area contributed by atoms with E-state index in [0.29, 0.717) is 0 Å². The predicted octanol–water partition coefficient (Wildman–Crippen LogP) is 5.02. The number of aryl methyl sites for hydroxylation is 1. The Hall–Kier alpha value is -2.75. The Bertz CT molecular complexity index is 820. The Labute approximate surface area is 130 Å². The first-order valence-corrected chi connectivity index (χ1v) is 7.19. The molecule has 0 radical (unpaired) electrons. The number of hydrogen-bond acceptors (Lipinski definition) is 4. The van der Waals surface area contributed by atoms with Gasteiger partial charge in [-0.1, -0.05) is 6.07 Å². The fourth-order valence-electron chi connectivity index (χ4n) is 2.26. The minimum absolute atomic E-state index is 0.835. The van der Waals surface area contributed by atoms with Gasteiger partial charge in [0, 0.05) is 30.9 Å². The molecule has 1 aromatic heterocycles. The zero-order valence-electron chi connectivity index (χ0n) is 13.0. The molecule has 3 aromatic rings. The molecule has 1 heterocycles. The van der Waals surface area contributed by atoms with E-state index in [0.717, 1.165) is 33.7 Å². The molecule has 110 valence electrons. The van der Waals surface area contributed by atoms with Crippen molar-refractivity contribution in [3.05, 3.63) is 60.3 Å². The Morgan fingerprint density at radius 3 is 2.36 bits per heavy atom. The fourth-order valence-corrected chi connectivity index (χ4v) is 2.26. The van der Waals surface area contributed by atoms with Gasteiger partial charge in [0.2, 0.25) is 0 Å². The molecule has 0 aliphatic rings. The van der Waals surface area contributed by atoms with Crippen LogP contribution in [0.1, 0.15) is 5.69 Å². The first kappa shape index (κ1) is 14.2. The molecule has 0 unspecified atom stereocenters. The monoisotopic (exact) mass is 290 g/mol. The number of aromatic nitrogens is 1. The van der Waals surface area contributed by atoms with E-state index in [2.05, 4.69) is 20.1 Å². The van der Waals surface area contributed by atoms with E-state index in [-0.39, 0.29) is 0 Å². The smallest absolute Gasteiger partial charge is 0.0951 e. The van der Waals surface area contributed by atoms with E-state index < -0.39 is 0 Å². The van der Waals surface area contributed by atoms with Crippen molar-refractivity contribution in [1.82, 2.24) is 4.98 Å². The standard InChI is InChI=1S/C18H18N4/c1-13-7-12-16-17(19-13)5-4-6-18(16)21-20-14-8-10-15(11-9-14)22(2)3/h4-12H,1-3H3. The lowest BCUT2D eigenvalue weighted by Crippen LogP contribution is -2.07. The van der Waals surface area contributed by atoms with Crippen LogP contribution in [0.3, 0.4) is 0 Å². The topological polar surface area (TPSA) is 40.9 Å². The van der Waals surface area contributed by atoms with Gasteiger partial charge >= 0.3 is 0 Å². The van der Waals surface area contributed by atoms with Gasteiger partial charge in [0.1, 0.15) is 0 Å². The maximum atomic E-state index is 4.52. The second-order valence-corrected chi connectivity index (χ2v) is 5.41. The van der Waals surface area contributed by atoms with Crippen LogP contribution in [0.4, 0.5) is 17.1 Å². The minimum Gasteiger partial charge on any atom is -0.378 e. The van der Waals surface area contributed by atoms with Crippen molar-refractivity contribution >= 4 is 28.0 Å². The second kappa shape index (κ2) is 5.93. The molecule has 2 aromatic carbocycles. The highest BCUT2D eigenvalue weighted by Crippen LogP contribution is 2.27. The number of nitrogens with zero attached hydrogens (tertiary/aromatic N) is 4. The SMILES string of the molecule is Cc1ccc2c(N=Nc3ccc(N(C)C)cc3)cccc2n1. The van der Waals surface area contributed by atoms with Gasteiger partial charge in [-0.2, -0.15) is 5.11 Å². The van der Waals surface area contributed by atoms with Gasteiger partial charge in [0.25, 0.3) is 0 Å². The molecule has 3 rings (SSSR count). The normalized spacial score (nSPS) is 11.2. The molecule has 0 saturated carbocycles. The molecular weight excluding hydrogens is 272 g/mol. The Kier molecular flexibility index (Phi) is 3.83. The summed E-state index contributed by atoms with van der Waals surface area (Å²) in [5.74, 6) is 0. The van der Waals surface area contributed by atoms with E-state index >= 15 is 0 Å². The summed E-state index contributed by atoms with van der Waals surface area (Å²) in [6.07, 6.45) is 0. The summed E-state index contributed by atoms with van der Waals surface area (Å²) in [5.41, 5.74) is 4.76. The number of hydrogen-bond donors (Lipinski definition) is 0. The van der Waals surface area contributed by atoms with E-state index in [1.54, 1.807) is 0 Å². The Morgan fingerprint density at radius 2 is 1.64 bits per heavy atom. The quantitative estimate of drug-likeness (QED) is 0.635. The number of azo groups is 1. The van der Waals surface area contributed by atoms with Gasteiger partial charge in [-0.25, -0.2) is 0 Å². The van der Waals surface area contributed by atoms with Crippen molar-refractivity contribution in [3.63, 3.8) is 0 Å². The predicted molar refractivity (Wildman–Crippen MR) is 91.4 cm³/mol. The van der Waals surface area contributed by atoms with Gasteiger partial charge in [0.15, 0.2) is 0 Å². The second-order valence-electron chi connectivity index (χ2n) is 5.41. The molecule has 0 atom stereocenters. The third kappa shape index (κ3) is 2.96. The molecule has 0 aliphatic heterocycles. The Balaban J connectivity index is 1.92. The number of rotatable bonds is 3. The van der Waals surface area contributed by atoms with Crippen LogP contribution in [0.15, 0.2) is 64.8 Å². The van der Waals surface area contributed by atoms with Crippen LogP contribution in [-0.2, 0) is 0 Å². The van der Waals surface area contributed by atoms with Crippen LogP contribution in [0.2, 0.25) is 0 Å². The number of pyridine rings is 1. The van der Waals surface area contributed by atoms with E-state index in [9.17, 15) is 0 Å². The van der Waals surface area contributed by atoms with Crippen molar-refractivity contribution in [2.24, 2.45) is 10.2 Å². The first-order valence-electron chi connectivity index (χ1n) is 7.19. The average molecular weight is 290 g/mol. The summed E-state index contributed by atoms with van der Waals surface area (Å²) in [7, 11) is 4.03. The summed E-state index contributed by atoms with van der Waals surface area (Å²) >= 11 is 0. The van der Waals surface area contributed by atoms with E-state index in [4.69, 9.17) is 0 Å². The van der Waals surface area contributed by atoms with E-state index in [1.807, 2.05) is 75.6 Å². The van der Waals surface area contributed by atoms with Crippen LogP contribution >= 0.6 is 0 Å². The van der Waals surface area contributed by atoms with Gasteiger partial charge in [-0.15, -0.1) is 5.11 Å². The highest BCUT2D eigenvalue weighted by atomic mass is 15.1. The molecular formula is C18H18N4. The largest absolute Gasteiger partial charge is 0.378 e. The van der Waals surface area contributed by atoms with Crippen molar-refractivity contribution < 1.29 is 0 Å². The fraction of sp³-hybridized carbons (Fsp3) is 0.167. The van der Waals surface area contributed by atoms with Gasteiger partial charge in [0.05, 0.1) is 16.9 Å². The van der Waals surface area contributed by atoms with Gasteiger partial charge in [-0.3, -0.25) is 4.98 Å². The summed E-state index contributed by atoms with van der Waals surface area (Å²) in [5, 5.41) is 9.72. The third-order valence-corrected chi connectivity index (χ3v) is 3.49. The maximum absolute atomic E-state index is 4.52. The molecule has 0 spiro atoms. The molecule has 0 bridgehead atoms. The lowest BCUT2D eigenvalue weighted by Gasteiger charge is -2.11. The molecule has 0 saturated heterocycles. The van der Waals surface area contributed by atoms with Crippen LogP contribution in [-0.4, -0.2) is 19.1 Å². The number of anilines is 1. The van der Waals surface area contributed by atoms with Crippen molar-refractivity contribution in [3.8, 4) is 0 Å². The maximum Gasteiger partial charge on any atom is 0.0951 e. The average Bonchev–Trinajstić information content (AvgIpc) is 2.52. The van der Waals surface area contributed by atoms with Crippen LogP contribution < -0.4 is 4.90 Å². The lowest BCUT2D eigenvalue weighted by atomic mass is 10.2. The highest BCUT2D eigenvalue weighted by Gasteiger charge is 2.01. The molecule has 4 nitrogen and oxygen atoms in total. The molecule has 0 fully saturated rings. The van der Waals surface area contributed by atoms with Crippen LogP contribution in [0.25, 0.3) is 10.9 Å². The van der Waals surface area contributed by atoms with E-state index in [1.165, 1.54) is 0 Å². The van der Waals surface area contributed by atoms with Gasteiger partial charge < -0.3 is 4.90 Å². The summed E-state index contributed by atoms with van der Waals surface area (Å²) in [4.78, 5) is 6.57. The highest BCUT2D eigenvalue weighted by molar-refractivity contribution is 5.89. The molecule has 0 amide bonds. The summed E-state index contributed by atoms with van der Waals surface area (Å²) in [6, 6.07) is 17.9.